The fraction of sp³-hybridized carbons (Fsp3) is 0.400. The lowest BCUT2D eigenvalue weighted by Gasteiger charge is -2.19. The number of benzene rings is 1. The molecule has 1 unspecified atom stereocenters. The van der Waals surface area contributed by atoms with E-state index in [1.807, 2.05) is 10.6 Å². The van der Waals surface area contributed by atoms with Gasteiger partial charge in [-0.3, -0.25) is 9.13 Å². The molecule has 3 rings (SSSR count). The predicted octanol–water partition coefficient (Wildman–Crippen LogP) is 1.56. The van der Waals surface area contributed by atoms with E-state index < -0.39 is 0 Å². The smallest absolute Gasteiger partial charge is 0.328 e. The van der Waals surface area contributed by atoms with Gasteiger partial charge in [0, 0.05) is 19.5 Å². The van der Waals surface area contributed by atoms with Crippen molar-refractivity contribution in [2.45, 2.75) is 39.7 Å². The van der Waals surface area contributed by atoms with Crippen LogP contribution in [-0.4, -0.2) is 14.2 Å². The molecule has 5 nitrogen and oxygen atoms in total. The second-order valence-electron chi connectivity index (χ2n) is 7.86. The summed E-state index contributed by atoms with van der Waals surface area (Å²) in [6.45, 7) is 6.99. The van der Waals surface area contributed by atoms with E-state index in [1.165, 1.54) is 6.07 Å². The first kappa shape index (κ1) is 17.1. The van der Waals surface area contributed by atoms with Gasteiger partial charge in [0.05, 0.1) is 22.3 Å². The maximum Gasteiger partial charge on any atom is 0.328 e. The number of nitrogens with zero attached hydrogens (tertiary/aromatic N) is 3. The molecule has 1 aromatic carbocycles. The highest BCUT2D eigenvalue weighted by molar-refractivity contribution is 5.53. The summed E-state index contributed by atoms with van der Waals surface area (Å²) >= 11 is 0. The highest BCUT2D eigenvalue weighted by atomic mass is 16.3. The number of phenolic OH excluding ortho intramolecular Hbond substituents is 1. The van der Waals surface area contributed by atoms with E-state index >= 15 is 0 Å². The van der Waals surface area contributed by atoms with Gasteiger partial charge in [0.1, 0.15) is 5.75 Å². The van der Waals surface area contributed by atoms with Crippen LogP contribution in [0, 0.1) is 16.7 Å². The topological polar surface area (TPSA) is 70.9 Å². The average Bonchev–Trinajstić information content (AvgIpc) is 2.78. The number of aromatic nitrogens is 2. The van der Waals surface area contributed by atoms with Crippen LogP contribution in [0.3, 0.4) is 0 Å². The van der Waals surface area contributed by atoms with E-state index in [2.05, 4.69) is 32.9 Å². The zero-order chi connectivity index (χ0) is 18.4. The number of imidazole rings is 1. The van der Waals surface area contributed by atoms with Crippen molar-refractivity contribution in [1.82, 2.24) is 9.13 Å². The molecule has 1 aromatic heterocycles. The number of rotatable bonds is 2. The summed E-state index contributed by atoms with van der Waals surface area (Å²) in [5.74, 6) is 0.109. The van der Waals surface area contributed by atoms with Gasteiger partial charge in [-0.2, -0.15) is 5.26 Å². The first-order valence-corrected chi connectivity index (χ1v) is 8.42. The molecular weight excluding hydrogens is 314 g/mol. The quantitative estimate of drug-likeness (QED) is 0.904. The Balaban J connectivity index is 2.17. The van der Waals surface area contributed by atoms with Gasteiger partial charge in [-0.05, 0) is 35.6 Å². The summed E-state index contributed by atoms with van der Waals surface area (Å²) < 4.78 is 3.49. The molecule has 1 aliphatic rings. The van der Waals surface area contributed by atoms with Gasteiger partial charge < -0.3 is 5.11 Å². The minimum absolute atomic E-state index is 0.00281. The molecule has 1 heterocycles. The number of nitriles is 1. The van der Waals surface area contributed by atoms with E-state index in [0.29, 0.717) is 18.5 Å². The molecular formula is C20H23N3O2. The molecule has 0 fully saturated rings. The average molecular weight is 337 g/mol. The van der Waals surface area contributed by atoms with Crippen molar-refractivity contribution < 1.29 is 5.11 Å². The normalized spacial score (nSPS) is 16.5. The van der Waals surface area contributed by atoms with Gasteiger partial charge in [0.25, 0.3) is 0 Å². The van der Waals surface area contributed by atoms with Crippen LogP contribution in [0.4, 0.5) is 0 Å². The molecule has 1 N–H and O–H groups in total. The third-order valence-corrected chi connectivity index (χ3v) is 4.54. The minimum Gasteiger partial charge on any atom is -0.508 e. The SMILES string of the molecule is Cn1c2c(n(CC(C)(C)C)c1=O)=CCC(c1cc(O)ccc1C#N)C=2. The fourth-order valence-electron chi connectivity index (χ4n) is 3.41. The summed E-state index contributed by atoms with van der Waals surface area (Å²) in [6, 6.07) is 6.99. The van der Waals surface area contributed by atoms with Gasteiger partial charge in [-0.15, -0.1) is 0 Å². The lowest BCUT2D eigenvalue weighted by molar-refractivity contribution is 0.333. The maximum atomic E-state index is 12.6. The summed E-state index contributed by atoms with van der Waals surface area (Å²) in [7, 11) is 1.78. The molecule has 0 aliphatic heterocycles. The molecule has 25 heavy (non-hydrogen) atoms. The first-order chi connectivity index (χ1) is 11.7. The molecule has 1 atom stereocenters. The van der Waals surface area contributed by atoms with Crippen molar-refractivity contribution in [3.05, 3.63) is 50.5 Å². The van der Waals surface area contributed by atoms with Crippen molar-refractivity contribution in [2.24, 2.45) is 12.5 Å². The zero-order valence-corrected chi connectivity index (χ0v) is 15.1. The van der Waals surface area contributed by atoms with E-state index in [-0.39, 0.29) is 22.8 Å². The third-order valence-electron chi connectivity index (χ3n) is 4.54. The minimum atomic E-state index is -0.0367. The van der Waals surface area contributed by atoms with Crippen molar-refractivity contribution in [3.63, 3.8) is 0 Å². The van der Waals surface area contributed by atoms with Crippen molar-refractivity contribution in [2.75, 3.05) is 0 Å². The highest BCUT2D eigenvalue weighted by Gasteiger charge is 2.21. The van der Waals surface area contributed by atoms with Crippen LogP contribution in [0.1, 0.15) is 44.2 Å². The molecule has 0 saturated carbocycles. The molecule has 130 valence electrons. The van der Waals surface area contributed by atoms with Gasteiger partial charge >= 0.3 is 5.69 Å². The lowest BCUT2D eigenvalue weighted by atomic mass is 9.89. The molecule has 0 amide bonds. The summed E-state index contributed by atoms with van der Waals surface area (Å²) in [4.78, 5) is 12.6. The van der Waals surface area contributed by atoms with Gasteiger partial charge in [0.2, 0.25) is 0 Å². The Morgan fingerprint density at radius 1 is 1.32 bits per heavy atom. The Hall–Kier alpha value is -2.74. The van der Waals surface area contributed by atoms with Crippen LogP contribution in [0.2, 0.25) is 0 Å². The molecule has 0 bridgehead atoms. The van der Waals surface area contributed by atoms with Crippen molar-refractivity contribution in [1.29, 1.82) is 5.26 Å². The van der Waals surface area contributed by atoms with Gasteiger partial charge in [-0.1, -0.05) is 32.9 Å². The largest absolute Gasteiger partial charge is 0.508 e. The highest BCUT2D eigenvalue weighted by Crippen LogP contribution is 2.29. The molecule has 5 heteroatoms. The Morgan fingerprint density at radius 2 is 2.04 bits per heavy atom. The fourth-order valence-corrected chi connectivity index (χ4v) is 3.41. The molecule has 0 spiro atoms. The number of hydrogen-bond acceptors (Lipinski definition) is 3. The Labute approximate surface area is 146 Å². The first-order valence-electron chi connectivity index (χ1n) is 8.42. The van der Waals surface area contributed by atoms with Crippen LogP contribution in [0.5, 0.6) is 5.75 Å². The van der Waals surface area contributed by atoms with E-state index in [9.17, 15) is 15.2 Å². The maximum absolute atomic E-state index is 12.6. The van der Waals surface area contributed by atoms with Gasteiger partial charge in [-0.25, -0.2) is 4.79 Å². The lowest BCUT2D eigenvalue weighted by Crippen LogP contribution is -2.37. The standard InChI is InChI=1S/C20H23N3O2/c1-20(2,3)12-23-17-8-6-13(9-18(17)22(4)19(23)25)16-10-15(24)7-5-14(16)11-21/h5,7-10,13,24H,6,12H2,1-4H3. The second kappa shape index (κ2) is 5.96. The Bertz CT molecular complexity index is 1040. The molecule has 0 radical (unpaired) electrons. The number of hydrogen-bond donors (Lipinski definition) is 1. The van der Waals surface area contributed by atoms with Crippen LogP contribution < -0.4 is 16.4 Å². The van der Waals surface area contributed by atoms with E-state index in [4.69, 9.17) is 0 Å². The Morgan fingerprint density at radius 3 is 2.68 bits per heavy atom. The molecule has 0 saturated heterocycles. The van der Waals surface area contributed by atoms with Crippen LogP contribution in [0.25, 0.3) is 12.2 Å². The summed E-state index contributed by atoms with van der Waals surface area (Å²) in [5.41, 5.74) is 1.32. The second-order valence-corrected chi connectivity index (χ2v) is 7.86. The number of fused-ring (bicyclic) bond motifs is 1. The number of aromatic hydroxyl groups is 1. The number of phenols is 1. The van der Waals surface area contributed by atoms with Crippen LogP contribution >= 0.6 is 0 Å². The van der Waals surface area contributed by atoms with Crippen LogP contribution in [-0.2, 0) is 13.6 Å². The molecule has 2 aromatic rings. The zero-order valence-electron chi connectivity index (χ0n) is 15.1. The Kier molecular flexibility index (Phi) is 4.08. The van der Waals surface area contributed by atoms with Crippen LogP contribution in [0.15, 0.2) is 23.0 Å². The summed E-state index contributed by atoms with van der Waals surface area (Å²) in [5, 5.41) is 21.0. The van der Waals surface area contributed by atoms with E-state index in [0.717, 1.165) is 16.3 Å². The van der Waals surface area contributed by atoms with Gasteiger partial charge in [0.15, 0.2) is 0 Å². The monoisotopic (exact) mass is 337 g/mol. The summed E-state index contributed by atoms with van der Waals surface area (Å²) in [6.07, 6.45) is 4.79. The van der Waals surface area contributed by atoms with Crippen molar-refractivity contribution in [3.8, 4) is 11.8 Å². The van der Waals surface area contributed by atoms with Crippen molar-refractivity contribution >= 4 is 12.2 Å². The van der Waals surface area contributed by atoms with E-state index in [1.54, 1.807) is 23.7 Å². The molecule has 1 aliphatic carbocycles. The third kappa shape index (κ3) is 3.12. The predicted molar refractivity (Wildman–Crippen MR) is 97.5 cm³/mol.